The fourth-order valence-corrected chi connectivity index (χ4v) is 3.87. The van der Waals surface area contributed by atoms with Crippen LogP contribution in [0.4, 0.5) is 15.0 Å². The summed E-state index contributed by atoms with van der Waals surface area (Å²) in [7, 11) is 0. The third-order valence-corrected chi connectivity index (χ3v) is 5.12. The van der Waals surface area contributed by atoms with Gasteiger partial charge in [0.25, 0.3) is 5.91 Å². The van der Waals surface area contributed by atoms with Crippen molar-refractivity contribution in [1.29, 1.82) is 0 Å². The smallest absolute Gasteiger partial charge is 0.323 e. The number of hydrogen-bond donors (Lipinski definition) is 1. The molecule has 6 nitrogen and oxygen atoms in total. The molecule has 0 bridgehead atoms. The van der Waals surface area contributed by atoms with Crippen LogP contribution >= 0.6 is 0 Å². The summed E-state index contributed by atoms with van der Waals surface area (Å²) in [6, 6.07) is 5.42. The number of benzene rings is 1. The van der Waals surface area contributed by atoms with Crippen molar-refractivity contribution in [2.45, 2.75) is 32.5 Å². The molecular formula is C20H19FN4O2. The quantitative estimate of drug-likeness (QED) is 0.668. The highest BCUT2D eigenvalue weighted by Crippen LogP contribution is 2.38. The number of hydrogen-bond acceptors (Lipinski definition) is 3. The Hall–Kier alpha value is -3.22. The summed E-state index contributed by atoms with van der Waals surface area (Å²) in [5.74, 6) is 0.132. The van der Waals surface area contributed by atoms with Gasteiger partial charge in [-0.05, 0) is 36.9 Å². The Morgan fingerprint density at radius 1 is 1.33 bits per heavy atom. The Kier molecular flexibility index (Phi) is 4.14. The van der Waals surface area contributed by atoms with Gasteiger partial charge in [-0.15, -0.1) is 0 Å². The maximum atomic E-state index is 13.2. The van der Waals surface area contributed by atoms with E-state index in [0.717, 1.165) is 22.4 Å². The van der Waals surface area contributed by atoms with Gasteiger partial charge in [0, 0.05) is 24.2 Å². The number of nitrogens with one attached hydrogen (secondary N) is 1. The van der Waals surface area contributed by atoms with Gasteiger partial charge in [0.15, 0.2) is 0 Å². The van der Waals surface area contributed by atoms with Crippen LogP contribution in [0.5, 0.6) is 0 Å². The van der Waals surface area contributed by atoms with Crippen molar-refractivity contribution in [1.82, 2.24) is 14.8 Å². The van der Waals surface area contributed by atoms with E-state index in [9.17, 15) is 14.0 Å². The zero-order valence-corrected chi connectivity index (χ0v) is 14.9. The highest BCUT2D eigenvalue weighted by molar-refractivity contribution is 6.04. The molecule has 0 saturated carbocycles. The first-order valence-corrected chi connectivity index (χ1v) is 8.73. The maximum Gasteiger partial charge on any atom is 0.325 e. The monoisotopic (exact) mass is 366 g/mol. The van der Waals surface area contributed by atoms with Gasteiger partial charge in [-0.2, -0.15) is 0 Å². The molecule has 27 heavy (non-hydrogen) atoms. The van der Waals surface area contributed by atoms with Crippen molar-refractivity contribution in [2.75, 3.05) is 0 Å². The van der Waals surface area contributed by atoms with Crippen LogP contribution in [0.25, 0.3) is 6.08 Å². The number of aromatic nitrogens is 1. The average Bonchev–Trinajstić information content (AvgIpc) is 3.10. The maximum absolute atomic E-state index is 13.2. The first kappa shape index (κ1) is 17.2. The molecule has 1 atom stereocenters. The first-order valence-electron chi connectivity index (χ1n) is 8.73. The number of rotatable bonds is 4. The molecule has 3 amide bonds. The van der Waals surface area contributed by atoms with Gasteiger partial charge in [-0.3, -0.25) is 10.1 Å². The van der Waals surface area contributed by atoms with E-state index in [1.165, 1.54) is 12.1 Å². The third kappa shape index (κ3) is 2.75. The molecule has 0 radical (unpaired) electrons. The number of amides is 3. The lowest BCUT2D eigenvalue weighted by Gasteiger charge is -2.28. The fourth-order valence-electron chi connectivity index (χ4n) is 3.87. The van der Waals surface area contributed by atoms with Crippen molar-refractivity contribution in [3.05, 3.63) is 58.5 Å². The van der Waals surface area contributed by atoms with Crippen LogP contribution in [0, 0.1) is 5.82 Å². The molecule has 1 aromatic carbocycles. The van der Waals surface area contributed by atoms with E-state index < -0.39 is 6.04 Å². The number of urea groups is 1. The molecule has 138 valence electrons. The van der Waals surface area contributed by atoms with Crippen molar-refractivity contribution >= 4 is 30.5 Å². The van der Waals surface area contributed by atoms with Gasteiger partial charge >= 0.3 is 6.03 Å². The SMILES string of the molecule is C=Nc1c(/C=C\C)c2c(n1Cc1ccc(F)cc1)CN1C(=O)NC(=O)C1C2. The van der Waals surface area contributed by atoms with Crippen LogP contribution in [0.1, 0.15) is 29.3 Å². The lowest BCUT2D eigenvalue weighted by atomic mass is 9.96. The lowest BCUT2D eigenvalue weighted by molar-refractivity contribution is -0.121. The number of imide groups is 1. The molecule has 1 fully saturated rings. The molecule has 1 unspecified atom stereocenters. The molecule has 2 aliphatic heterocycles. The molecule has 7 heteroatoms. The van der Waals surface area contributed by atoms with Gasteiger partial charge in [0.05, 0.1) is 6.54 Å². The Morgan fingerprint density at radius 3 is 2.74 bits per heavy atom. The summed E-state index contributed by atoms with van der Waals surface area (Å²) >= 11 is 0. The largest absolute Gasteiger partial charge is 0.325 e. The zero-order valence-electron chi connectivity index (χ0n) is 14.9. The minimum Gasteiger partial charge on any atom is -0.323 e. The van der Waals surface area contributed by atoms with E-state index in [1.54, 1.807) is 17.0 Å². The van der Waals surface area contributed by atoms with Crippen molar-refractivity contribution in [3.8, 4) is 0 Å². The van der Waals surface area contributed by atoms with Gasteiger partial charge in [0.2, 0.25) is 0 Å². The van der Waals surface area contributed by atoms with Crippen LogP contribution in [0.2, 0.25) is 0 Å². The topological polar surface area (TPSA) is 66.7 Å². The number of aliphatic imine (C=N–C) groups is 1. The third-order valence-electron chi connectivity index (χ3n) is 5.12. The standard InChI is InChI=1S/C20H19FN4O2/c1-3-4-14-15-9-16-19(26)23-20(27)25(16)11-17(15)24(18(14)22-2)10-12-5-7-13(21)8-6-12/h3-8,16H,2,9-11H2,1H3,(H,23,26,27)/b4-3-. The number of allylic oxidation sites excluding steroid dienone is 1. The predicted octanol–water partition coefficient (Wildman–Crippen LogP) is 3.02. The average molecular weight is 366 g/mol. The van der Waals surface area contributed by atoms with E-state index in [0.29, 0.717) is 25.3 Å². The first-order chi connectivity index (χ1) is 13.0. The van der Waals surface area contributed by atoms with E-state index in [2.05, 4.69) is 17.0 Å². The van der Waals surface area contributed by atoms with E-state index in [1.807, 2.05) is 23.6 Å². The molecule has 2 aliphatic rings. The number of carbonyl (C=O) groups is 2. The Morgan fingerprint density at radius 2 is 2.07 bits per heavy atom. The molecular weight excluding hydrogens is 347 g/mol. The summed E-state index contributed by atoms with van der Waals surface area (Å²) < 4.78 is 15.2. The number of halogens is 1. The van der Waals surface area contributed by atoms with Gasteiger partial charge in [0.1, 0.15) is 17.7 Å². The second kappa shape index (κ2) is 6.50. The summed E-state index contributed by atoms with van der Waals surface area (Å²) in [6.45, 7) is 6.42. The van der Waals surface area contributed by atoms with Crippen LogP contribution in [-0.2, 0) is 24.3 Å². The van der Waals surface area contributed by atoms with E-state index in [-0.39, 0.29) is 17.8 Å². The minimum absolute atomic E-state index is 0.267. The zero-order chi connectivity index (χ0) is 19.1. The molecule has 0 aliphatic carbocycles. The van der Waals surface area contributed by atoms with Gasteiger partial charge in [-0.25, -0.2) is 14.2 Å². The molecule has 2 aromatic rings. The van der Waals surface area contributed by atoms with Crippen LogP contribution in [0.3, 0.4) is 0 Å². The second-order valence-electron chi connectivity index (χ2n) is 6.68. The van der Waals surface area contributed by atoms with Crippen LogP contribution in [-0.4, -0.2) is 34.2 Å². The highest BCUT2D eigenvalue weighted by atomic mass is 19.1. The molecule has 1 saturated heterocycles. The summed E-state index contributed by atoms with van der Waals surface area (Å²) in [4.78, 5) is 30.0. The minimum atomic E-state index is -0.492. The predicted molar refractivity (Wildman–Crippen MR) is 100 cm³/mol. The van der Waals surface area contributed by atoms with Crippen LogP contribution < -0.4 is 5.32 Å². The van der Waals surface area contributed by atoms with Crippen LogP contribution in [0.15, 0.2) is 35.3 Å². The number of carbonyl (C=O) groups excluding carboxylic acids is 2. The summed E-state index contributed by atoms with van der Waals surface area (Å²) in [5, 5.41) is 2.38. The molecule has 1 aromatic heterocycles. The lowest BCUT2D eigenvalue weighted by Crippen LogP contribution is -2.40. The van der Waals surface area contributed by atoms with Gasteiger partial charge < -0.3 is 9.47 Å². The summed E-state index contributed by atoms with van der Waals surface area (Å²) in [5.41, 5.74) is 3.76. The van der Waals surface area contributed by atoms with E-state index in [4.69, 9.17) is 0 Å². The normalized spacial score (nSPS) is 18.6. The Balaban J connectivity index is 1.84. The number of fused-ring (bicyclic) bond motifs is 2. The second-order valence-corrected chi connectivity index (χ2v) is 6.68. The molecule has 4 rings (SSSR count). The fraction of sp³-hybridized carbons (Fsp3) is 0.250. The molecule has 1 N–H and O–H groups in total. The number of nitrogens with zero attached hydrogens (tertiary/aromatic N) is 3. The summed E-state index contributed by atoms with van der Waals surface area (Å²) in [6.07, 6.45) is 4.30. The van der Waals surface area contributed by atoms with E-state index >= 15 is 0 Å². The molecule has 3 heterocycles. The highest BCUT2D eigenvalue weighted by Gasteiger charge is 2.43. The van der Waals surface area contributed by atoms with Crippen molar-refractivity contribution in [3.63, 3.8) is 0 Å². The van der Waals surface area contributed by atoms with Crippen molar-refractivity contribution in [2.24, 2.45) is 4.99 Å². The van der Waals surface area contributed by atoms with Crippen molar-refractivity contribution < 1.29 is 14.0 Å². The van der Waals surface area contributed by atoms with Gasteiger partial charge in [-0.1, -0.05) is 24.3 Å². The Bertz CT molecular complexity index is 975. The molecule has 0 spiro atoms. The Labute approximate surface area is 156 Å².